The quantitative estimate of drug-likeness (QED) is 0.243. The molecule has 1 aliphatic rings. The third-order valence-corrected chi connectivity index (χ3v) is 6.88. The van der Waals surface area contributed by atoms with Crippen LogP contribution in [-0.2, 0) is 36.8 Å². The van der Waals surface area contributed by atoms with Gasteiger partial charge in [-0.1, -0.05) is 74.5 Å². The first-order valence-corrected chi connectivity index (χ1v) is 14.2. The summed E-state index contributed by atoms with van der Waals surface area (Å²) in [6.45, 7) is 5.91. The van der Waals surface area contributed by atoms with Gasteiger partial charge in [0.1, 0.15) is 6.04 Å². The van der Waals surface area contributed by atoms with Gasteiger partial charge in [-0.2, -0.15) is 0 Å². The highest BCUT2D eigenvalue weighted by molar-refractivity contribution is 5.97. The van der Waals surface area contributed by atoms with Crippen molar-refractivity contribution in [3.05, 3.63) is 71.8 Å². The van der Waals surface area contributed by atoms with Gasteiger partial charge in [-0.25, -0.2) is 4.79 Å². The van der Waals surface area contributed by atoms with Gasteiger partial charge in [-0.15, -0.1) is 0 Å². The van der Waals surface area contributed by atoms with Gasteiger partial charge in [0, 0.05) is 32.4 Å². The molecule has 0 aliphatic carbocycles. The highest BCUT2D eigenvalue weighted by atomic mass is 16.5. The van der Waals surface area contributed by atoms with Gasteiger partial charge in [0.2, 0.25) is 11.8 Å². The van der Waals surface area contributed by atoms with E-state index in [1.54, 1.807) is 24.3 Å². The molecule has 2 aromatic carbocycles. The van der Waals surface area contributed by atoms with Crippen LogP contribution in [0.2, 0.25) is 0 Å². The summed E-state index contributed by atoms with van der Waals surface area (Å²) in [6.07, 6.45) is 1.48. The minimum Gasteiger partial charge on any atom is -0.480 e. The first-order valence-electron chi connectivity index (χ1n) is 14.2. The van der Waals surface area contributed by atoms with Gasteiger partial charge in [0.15, 0.2) is 5.66 Å². The number of carboxylic acids is 1. The summed E-state index contributed by atoms with van der Waals surface area (Å²) in [6, 6.07) is 17.5. The first kappa shape index (κ1) is 31.8. The van der Waals surface area contributed by atoms with Crippen molar-refractivity contribution in [3.8, 4) is 0 Å². The number of ether oxygens (including phenoxy) is 1. The third-order valence-electron chi connectivity index (χ3n) is 6.88. The van der Waals surface area contributed by atoms with E-state index in [2.05, 4.69) is 16.0 Å². The predicted molar refractivity (Wildman–Crippen MR) is 155 cm³/mol. The normalized spacial score (nSPS) is 15.9. The number of hydrogen-bond acceptors (Lipinski definition) is 6. The fourth-order valence-corrected chi connectivity index (χ4v) is 4.92. The predicted octanol–water partition coefficient (Wildman–Crippen LogP) is 2.13. The number of nitrogens with one attached hydrogen (secondary N) is 3. The summed E-state index contributed by atoms with van der Waals surface area (Å²) in [7, 11) is 0. The zero-order valence-corrected chi connectivity index (χ0v) is 23.9. The van der Waals surface area contributed by atoms with Crippen molar-refractivity contribution in [3.63, 3.8) is 0 Å². The molecule has 3 amide bonds. The molecule has 2 atom stereocenters. The second kappa shape index (κ2) is 15.9. The molecule has 41 heavy (non-hydrogen) atoms. The van der Waals surface area contributed by atoms with E-state index in [1.165, 1.54) is 0 Å². The van der Waals surface area contributed by atoms with Crippen molar-refractivity contribution in [1.29, 1.82) is 0 Å². The summed E-state index contributed by atoms with van der Waals surface area (Å²) in [4.78, 5) is 54.5. The molecule has 222 valence electrons. The Kier molecular flexibility index (Phi) is 12.3. The number of morpholine rings is 1. The minimum absolute atomic E-state index is 0.0206. The highest BCUT2D eigenvalue weighted by Gasteiger charge is 2.43. The van der Waals surface area contributed by atoms with Gasteiger partial charge < -0.3 is 25.8 Å². The molecule has 1 fully saturated rings. The smallest absolute Gasteiger partial charge is 0.326 e. The maximum atomic E-state index is 13.9. The molecule has 0 unspecified atom stereocenters. The number of nitrogens with zero attached hydrogens (tertiary/aromatic N) is 1. The van der Waals surface area contributed by atoms with Crippen molar-refractivity contribution >= 4 is 23.7 Å². The molecule has 1 aliphatic heterocycles. The number of rotatable bonds is 15. The topological polar surface area (TPSA) is 137 Å². The van der Waals surface area contributed by atoms with Gasteiger partial charge in [-0.05, 0) is 29.9 Å². The average molecular weight is 567 g/mol. The summed E-state index contributed by atoms with van der Waals surface area (Å²) < 4.78 is 5.36. The highest BCUT2D eigenvalue weighted by Crippen LogP contribution is 2.18. The van der Waals surface area contributed by atoms with Gasteiger partial charge in [0.05, 0.1) is 19.8 Å². The zero-order chi connectivity index (χ0) is 29.7. The summed E-state index contributed by atoms with van der Waals surface area (Å²) in [5, 5.41) is 18.1. The van der Waals surface area contributed by atoms with E-state index in [9.17, 15) is 24.3 Å². The van der Waals surface area contributed by atoms with Crippen LogP contribution in [0.3, 0.4) is 0 Å². The van der Waals surface area contributed by atoms with Crippen LogP contribution in [0.4, 0.5) is 0 Å². The number of carbonyl (C=O) groups excluding carboxylic acids is 3. The Balaban J connectivity index is 1.81. The van der Waals surface area contributed by atoms with Crippen molar-refractivity contribution in [2.24, 2.45) is 5.92 Å². The molecule has 10 nitrogen and oxygen atoms in total. The van der Waals surface area contributed by atoms with Crippen LogP contribution in [0.1, 0.15) is 44.2 Å². The lowest BCUT2D eigenvalue weighted by Gasteiger charge is -2.37. The SMILES string of the molecule is CC(C)C[C@](NC(=O)CCCc1ccccc1)(NC(=O)CN1CCOCC1)C(=O)N[C@@H](Cc1ccccc1)C(=O)O. The zero-order valence-electron chi connectivity index (χ0n) is 23.9. The molecular weight excluding hydrogens is 524 g/mol. The van der Waals surface area contributed by atoms with Crippen LogP contribution in [0.15, 0.2) is 60.7 Å². The van der Waals surface area contributed by atoms with Crippen LogP contribution in [-0.4, -0.2) is 78.3 Å². The van der Waals surface area contributed by atoms with Crippen molar-refractivity contribution in [1.82, 2.24) is 20.9 Å². The van der Waals surface area contributed by atoms with E-state index in [1.807, 2.05) is 55.1 Å². The Hall–Kier alpha value is -3.76. The van der Waals surface area contributed by atoms with E-state index in [4.69, 9.17) is 4.74 Å². The number of aryl methyl sites for hydroxylation is 1. The fourth-order valence-electron chi connectivity index (χ4n) is 4.92. The molecule has 0 radical (unpaired) electrons. The lowest BCUT2D eigenvalue weighted by Crippen LogP contribution is -2.71. The second-order valence-corrected chi connectivity index (χ2v) is 10.9. The summed E-state index contributed by atoms with van der Waals surface area (Å²) in [5.41, 5.74) is -0.00219. The molecule has 3 rings (SSSR count). The minimum atomic E-state index is -1.83. The van der Waals surface area contributed by atoms with Crippen molar-refractivity contribution in [2.45, 2.75) is 57.7 Å². The number of benzene rings is 2. The maximum Gasteiger partial charge on any atom is 0.326 e. The second-order valence-electron chi connectivity index (χ2n) is 10.9. The fraction of sp³-hybridized carbons (Fsp3) is 0.484. The van der Waals surface area contributed by atoms with E-state index in [0.717, 1.165) is 11.1 Å². The molecule has 1 saturated heterocycles. The van der Waals surface area contributed by atoms with Crippen LogP contribution in [0.5, 0.6) is 0 Å². The molecule has 10 heteroatoms. The largest absolute Gasteiger partial charge is 0.480 e. The van der Waals surface area contributed by atoms with E-state index in [-0.39, 0.29) is 31.7 Å². The van der Waals surface area contributed by atoms with E-state index in [0.29, 0.717) is 39.1 Å². The van der Waals surface area contributed by atoms with E-state index >= 15 is 0 Å². The molecule has 4 N–H and O–H groups in total. The molecule has 0 bridgehead atoms. The van der Waals surface area contributed by atoms with Crippen LogP contribution in [0, 0.1) is 5.92 Å². The van der Waals surface area contributed by atoms with Gasteiger partial charge >= 0.3 is 5.97 Å². The van der Waals surface area contributed by atoms with Crippen LogP contribution in [0.25, 0.3) is 0 Å². The number of hydrogen-bond donors (Lipinski definition) is 4. The van der Waals surface area contributed by atoms with Crippen LogP contribution >= 0.6 is 0 Å². The third kappa shape index (κ3) is 10.6. The molecule has 0 saturated carbocycles. The van der Waals surface area contributed by atoms with Gasteiger partial charge in [-0.3, -0.25) is 19.3 Å². The number of carbonyl (C=O) groups is 4. The Morgan fingerprint density at radius 2 is 1.49 bits per heavy atom. The van der Waals surface area contributed by atoms with Crippen molar-refractivity contribution < 1.29 is 29.0 Å². The molecule has 0 spiro atoms. The Morgan fingerprint density at radius 3 is 2.07 bits per heavy atom. The Labute approximate surface area is 241 Å². The maximum absolute atomic E-state index is 13.9. The number of amides is 3. The summed E-state index contributed by atoms with van der Waals surface area (Å²) in [5.74, 6) is -2.94. The number of aliphatic carboxylic acids is 1. The Bertz CT molecular complexity index is 1140. The monoisotopic (exact) mass is 566 g/mol. The first-order chi connectivity index (χ1) is 19.7. The standard InChI is InChI=1S/C31H42N4O6/c1-23(2)21-31(34-28(37)22-35-16-18-41-19-17-35,33-27(36)15-9-14-24-10-5-3-6-11-24)30(40)32-26(29(38)39)20-25-12-7-4-8-13-25/h3-8,10-13,23,26H,9,14-22H2,1-2H3,(H,32,40)(H,33,36)(H,34,37)(H,38,39)/t26-,31-/m0/s1. The van der Waals surface area contributed by atoms with E-state index < -0.39 is 35.4 Å². The van der Waals surface area contributed by atoms with Crippen LogP contribution < -0.4 is 16.0 Å². The Morgan fingerprint density at radius 1 is 0.902 bits per heavy atom. The summed E-state index contributed by atoms with van der Waals surface area (Å²) >= 11 is 0. The average Bonchev–Trinajstić information content (AvgIpc) is 2.93. The number of carboxylic acid groups (broad SMARTS) is 1. The lowest BCUT2D eigenvalue weighted by atomic mass is 9.94. The van der Waals surface area contributed by atoms with Gasteiger partial charge in [0.25, 0.3) is 5.91 Å². The molecule has 1 heterocycles. The molecular formula is C31H42N4O6. The van der Waals surface area contributed by atoms with Crippen molar-refractivity contribution in [2.75, 3.05) is 32.8 Å². The molecule has 2 aromatic rings. The molecule has 0 aromatic heterocycles. The lowest BCUT2D eigenvalue weighted by molar-refractivity contribution is -0.145.